The number of carbonyl (C=O) groups is 2. The lowest BCUT2D eigenvalue weighted by Crippen LogP contribution is -2.46. The molecular weight excluding hydrogens is 646 g/mol. The Morgan fingerprint density at radius 2 is 1.69 bits per heavy atom. The zero-order valence-electron chi connectivity index (χ0n) is 22.1. The van der Waals surface area contributed by atoms with Gasteiger partial charge in [0.15, 0.2) is 0 Å². The van der Waals surface area contributed by atoms with E-state index < -0.39 is 0 Å². The number of benzene rings is 1. The molecule has 0 unspecified atom stereocenters. The SMILES string of the molecule is NCCNC(=O)N1CCC(CC(=O)N2CCC([C@H]3c4ncc(Br)cc4CCc4cc(Cl)cc(Br)c43)CC2)CC1. The number of halogens is 3. The molecule has 1 aromatic carbocycles. The van der Waals surface area contributed by atoms with E-state index in [1.807, 2.05) is 17.2 Å². The molecule has 1 atom stereocenters. The highest BCUT2D eigenvalue weighted by molar-refractivity contribution is 9.10. The summed E-state index contributed by atoms with van der Waals surface area (Å²) in [4.78, 5) is 34.3. The summed E-state index contributed by atoms with van der Waals surface area (Å²) in [6.07, 6.45) is 7.97. The Hall–Kier alpha value is -1.68. The van der Waals surface area contributed by atoms with Gasteiger partial charge in [-0.2, -0.15) is 0 Å². The molecule has 0 radical (unpaired) electrons. The molecule has 2 fully saturated rings. The van der Waals surface area contributed by atoms with Crippen molar-refractivity contribution < 1.29 is 9.59 Å². The number of piperidine rings is 2. The van der Waals surface area contributed by atoms with Gasteiger partial charge in [0.25, 0.3) is 0 Å². The molecule has 0 bridgehead atoms. The third-order valence-corrected chi connectivity index (χ3v) is 9.87. The van der Waals surface area contributed by atoms with Crippen molar-refractivity contribution in [1.29, 1.82) is 0 Å². The fraction of sp³-hybridized carbons (Fsp3) is 0.552. The van der Waals surface area contributed by atoms with Crippen LogP contribution in [0.3, 0.4) is 0 Å². The van der Waals surface area contributed by atoms with Crippen LogP contribution in [-0.2, 0) is 17.6 Å². The van der Waals surface area contributed by atoms with Crippen LogP contribution in [0.2, 0.25) is 5.02 Å². The van der Waals surface area contributed by atoms with Crippen LogP contribution in [0.25, 0.3) is 0 Å². The molecule has 3 amide bonds. The first-order chi connectivity index (χ1) is 18.8. The molecule has 0 spiro atoms. The molecule has 1 aromatic heterocycles. The molecule has 10 heteroatoms. The summed E-state index contributed by atoms with van der Waals surface area (Å²) in [6, 6.07) is 6.28. The van der Waals surface area contributed by atoms with Crippen LogP contribution in [-0.4, -0.2) is 66.0 Å². The number of carbonyl (C=O) groups excluding carboxylic acids is 2. The summed E-state index contributed by atoms with van der Waals surface area (Å²) in [5.74, 6) is 1.14. The minimum absolute atomic E-state index is 0.0512. The minimum atomic E-state index is -0.0512. The van der Waals surface area contributed by atoms with Gasteiger partial charge in [-0.05, 0) is 101 Å². The predicted octanol–water partition coefficient (Wildman–Crippen LogP) is 5.50. The van der Waals surface area contributed by atoms with Crippen molar-refractivity contribution >= 4 is 55.4 Å². The largest absolute Gasteiger partial charge is 0.343 e. The maximum Gasteiger partial charge on any atom is 0.317 e. The van der Waals surface area contributed by atoms with Crippen molar-refractivity contribution in [3.05, 3.63) is 60.7 Å². The number of likely N-dealkylation sites (tertiary alicyclic amines) is 2. The molecule has 2 saturated heterocycles. The van der Waals surface area contributed by atoms with Crippen LogP contribution in [0.15, 0.2) is 33.3 Å². The van der Waals surface area contributed by atoms with E-state index in [4.69, 9.17) is 22.3 Å². The van der Waals surface area contributed by atoms with Crippen LogP contribution < -0.4 is 11.1 Å². The fourth-order valence-corrected chi connectivity index (χ4v) is 8.02. The van der Waals surface area contributed by atoms with E-state index >= 15 is 0 Å². The maximum absolute atomic E-state index is 13.3. The van der Waals surface area contributed by atoms with Crippen LogP contribution in [0.4, 0.5) is 4.79 Å². The smallest absolute Gasteiger partial charge is 0.317 e. The maximum atomic E-state index is 13.3. The number of hydrogen-bond acceptors (Lipinski definition) is 4. The second kappa shape index (κ2) is 12.9. The van der Waals surface area contributed by atoms with Crippen molar-refractivity contribution in [3.63, 3.8) is 0 Å². The second-order valence-electron chi connectivity index (χ2n) is 11.0. The van der Waals surface area contributed by atoms with Crippen LogP contribution in [0.5, 0.6) is 0 Å². The number of amides is 3. The lowest BCUT2D eigenvalue weighted by molar-refractivity contribution is -0.134. The minimum Gasteiger partial charge on any atom is -0.343 e. The van der Waals surface area contributed by atoms with Crippen molar-refractivity contribution in [2.45, 2.75) is 50.9 Å². The Balaban J connectivity index is 1.23. The lowest BCUT2D eigenvalue weighted by Gasteiger charge is -2.38. The highest BCUT2D eigenvalue weighted by Gasteiger charge is 2.36. The molecule has 210 valence electrons. The number of pyridine rings is 1. The van der Waals surface area contributed by atoms with Crippen molar-refractivity contribution in [2.24, 2.45) is 17.6 Å². The molecule has 3 aliphatic rings. The first kappa shape index (κ1) is 28.8. The average molecular weight is 682 g/mol. The number of hydrogen-bond donors (Lipinski definition) is 2. The van der Waals surface area contributed by atoms with Gasteiger partial charge in [0.2, 0.25) is 5.91 Å². The number of nitrogens with zero attached hydrogens (tertiary/aromatic N) is 3. The highest BCUT2D eigenvalue weighted by Crippen LogP contribution is 2.46. The van der Waals surface area contributed by atoms with E-state index in [2.05, 4.69) is 54.2 Å². The van der Waals surface area contributed by atoms with Gasteiger partial charge in [0, 0.05) is 71.8 Å². The van der Waals surface area contributed by atoms with E-state index in [-0.39, 0.29) is 17.9 Å². The number of aryl methyl sites for hydroxylation is 2. The van der Waals surface area contributed by atoms with E-state index in [1.165, 1.54) is 16.7 Å². The molecule has 2 aromatic rings. The van der Waals surface area contributed by atoms with E-state index in [0.29, 0.717) is 44.4 Å². The second-order valence-corrected chi connectivity index (χ2v) is 13.2. The van der Waals surface area contributed by atoms with Crippen molar-refractivity contribution in [2.75, 3.05) is 39.3 Å². The zero-order valence-corrected chi connectivity index (χ0v) is 26.0. The number of fused-ring (bicyclic) bond motifs is 2. The summed E-state index contributed by atoms with van der Waals surface area (Å²) in [5, 5.41) is 3.59. The Bertz CT molecular complexity index is 1210. The van der Waals surface area contributed by atoms with Gasteiger partial charge in [-0.25, -0.2) is 4.79 Å². The average Bonchev–Trinajstić information content (AvgIpc) is 3.09. The van der Waals surface area contributed by atoms with Gasteiger partial charge in [-0.3, -0.25) is 9.78 Å². The summed E-state index contributed by atoms with van der Waals surface area (Å²) in [6.45, 7) is 3.86. The quantitative estimate of drug-likeness (QED) is 0.437. The normalized spacial score (nSPS) is 20.3. The summed E-state index contributed by atoms with van der Waals surface area (Å²) in [5.41, 5.74) is 10.5. The molecule has 2 aliphatic heterocycles. The van der Waals surface area contributed by atoms with Crippen LogP contribution >= 0.6 is 43.5 Å². The molecule has 5 rings (SSSR count). The van der Waals surface area contributed by atoms with E-state index in [1.54, 1.807) is 0 Å². The number of nitrogens with one attached hydrogen (secondary N) is 1. The predicted molar refractivity (Wildman–Crippen MR) is 161 cm³/mol. The van der Waals surface area contributed by atoms with Gasteiger partial charge in [-0.1, -0.05) is 27.5 Å². The molecule has 1 aliphatic carbocycles. The van der Waals surface area contributed by atoms with Gasteiger partial charge < -0.3 is 20.9 Å². The molecular formula is C29H36Br2ClN5O2. The van der Waals surface area contributed by atoms with Gasteiger partial charge in [-0.15, -0.1) is 0 Å². The summed E-state index contributed by atoms with van der Waals surface area (Å²) < 4.78 is 2.06. The van der Waals surface area contributed by atoms with E-state index in [9.17, 15) is 9.59 Å². The molecule has 39 heavy (non-hydrogen) atoms. The number of nitrogens with two attached hydrogens (primary N) is 1. The monoisotopic (exact) mass is 679 g/mol. The third kappa shape index (κ3) is 6.63. The Kier molecular flexibility index (Phi) is 9.52. The molecule has 0 saturated carbocycles. The number of urea groups is 1. The van der Waals surface area contributed by atoms with Crippen molar-refractivity contribution in [3.8, 4) is 0 Å². The molecule has 3 N–H and O–H groups in total. The first-order valence-corrected chi connectivity index (χ1v) is 15.9. The summed E-state index contributed by atoms with van der Waals surface area (Å²) in [7, 11) is 0. The van der Waals surface area contributed by atoms with Crippen LogP contribution in [0, 0.1) is 11.8 Å². The Morgan fingerprint density at radius 3 is 2.41 bits per heavy atom. The highest BCUT2D eigenvalue weighted by atomic mass is 79.9. The van der Waals surface area contributed by atoms with Crippen molar-refractivity contribution in [1.82, 2.24) is 20.1 Å². The Morgan fingerprint density at radius 1 is 1.00 bits per heavy atom. The summed E-state index contributed by atoms with van der Waals surface area (Å²) >= 11 is 13.9. The third-order valence-electron chi connectivity index (χ3n) is 8.57. The van der Waals surface area contributed by atoms with Gasteiger partial charge >= 0.3 is 6.03 Å². The van der Waals surface area contributed by atoms with E-state index in [0.717, 1.165) is 71.3 Å². The first-order valence-electron chi connectivity index (χ1n) is 14.0. The van der Waals surface area contributed by atoms with Crippen LogP contribution in [0.1, 0.15) is 60.4 Å². The topological polar surface area (TPSA) is 91.6 Å². The van der Waals surface area contributed by atoms with Gasteiger partial charge in [0.1, 0.15) is 0 Å². The molecule has 3 heterocycles. The molecule has 7 nitrogen and oxygen atoms in total. The number of rotatable bonds is 5. The standard InChI is InChI=1S/C29H36Br2ClN5O2/c30-22-14-21-2-1-20-15-23(32)16-24(31)26(20)27(28(21)35-17-22)19-5-11-36(12-6-19)25(38)13-18-3-9-37(10-4-18)29(39)34-8-7-33/h14-19,27H,1-13,33H2,(H,34,39)/t27-/m1/s1. The Labute approximate surface area is 252 Å². The fourth-order valence-electron chi connectivity index (χ4n) is 6.52. The zero-order chi connectivity index (χ0) is 27.5. The number of aromatic nitrogens is 1. The van der Waals surface area contributed by atoms with Gasteiger partial charge in [0.05, 0.1) is 5.69 Å². The lowest BCUT2D eigenvalue weighted by atomic mass is 9.76.